The van der Waals surface area contributed by atoms with Gasteiger partial charge in [0.05, 0.1) is 0 Å². The molecule has 0 aliphatic rings. The molecule has 0 spiro atoms. The van der Waals surface area contributed by atoms with Crippen LogP contribution in [0.5, 0.6) is 0 Å². The topological polar surface area (TPSA) is 20.2 Å². The Morgan fingerprint density at radius 3 is 3.00 bits per heavy atom. The van der Waals surface area contributed by atoms with Crippen LogP contribution in [0.4, 0.5) is 0 Å². The van der Waals surface area contributed by atoms with E-state index in [1.807, 2.05) is 24.3 Å². The summed E-state index contributed by atoms with van der Waals surface area (Å²) in [5.74, 6) is 0.969. The standard InChI is InChI=1S/C9H11OS/c10-7-4-8-11-9-5-2-1-3-6-9/h1-3,5,10H,4,7-8H2. The van der Waals surface area contributed by atoms with Gasteiger partial charge in [-0.15, -0.1) is 11.8 Å². The molecule has 0 fully saturated rings. The van der Waals surface area contributed by atoms with E-state index < -0.39 is 0 Å². The van der Waals surface area contributed by atoms with Gasteiger partial charge < -0.3 is 5.11 Å². The van der Waals surface area contributed by atoms with Gasteiger partial charge in [0, 0.05) is 17.3 Å². The highest BCUT2D eigenvalue weighted by molar-refractivity contribution is 7.99. The van der Waals surface area contributed by atoms with Crippen molar-refractivity contribution in [3.8, 4) is 0 Å². The van der Waals surface area contributed by atoms with Crippen LogP contribution >= 0.6 is 11.8 Å². The fourth-order valence-corrected chi connectivity index (χ4v) is 1.53. The van der Waals surface area contributed by atoms with E-state index in [1.54, 1.807) is 11.8 Å². The third kappa shape index (κ3) is 3.44. The molecule has 1 nitrogen and oxygen atoms in total. The summed E-state index contributed by atoms with van der Waals surface area (Å²) in [6.45, 7) is 0.278. The third-order valence-corrected chi connectivity index (χ3v) is 2.30. The van der Waals surface area contributed by atoms with Gasteiger partial charge >= 0.3 is 0 Å². The van der Waals surface area contributed by atoms with Gasteiger partial charge in [0.15, 0.2) is 0 Å². The van der Waals surface area contributed by atoms with Crippen molar-refractivity contribution < 1.29 is 5.11 Å². The molecular formula is C9H11OS. The van der Waals surface area contributed by atoms with Gasteiger partial charge in [0.25, 0.3) is 0 Å². The predicted molar refractivity (Wildman–Crippen MR) is 47.7 cm³/mol. The van der Waals surface area contributed by atoms with Crippen molar-refractivity contribution in [2.45, 2.75) is 11.3 Å². The van der Waals surface area contributed by atoms with Crippen LogP contribution in [0.3, 0.4) is 0 Å². The Labute approximate surface area is 71.4 Å². The number of aliphatic hydroxyl groups is 1. The van der Waals surface area contributed by atoms with E-state index in [9.17, 15) is 0 Å². The monoisotopic (exact) mass is 167 g/mol. The highest BCUT2D eigenvalue weighted by Gasteiger charge is 1.90. The molecule has 59 valence electrons. The predicted octanol–water partition coefficient (Wildman–Crippen LogP) is 1.96. The molecule has 0 unspecified atom stereocenters. The average Bonchev–Trinajstić information content (AvgIpc) is 2.07. The summed E-state index contributed by atoms with van der Waals surface area (Å²) in [7, 11) is 0. The van der Waals surface area contributed by atoms with E-state index >= 15 is 0 Å². The number of rotatable bonds is 4. The molecule has 0 amide bonds. The fraction of sp³-hybridized carbons (Fsp3) is 0.333. The Kier molecular flexibility index (Phi) is 4.09. The number of hydrogen-bond acceptors (Lipinski definition) is 2. The van der Waals surface area contributed by atoms with E-state index in [0.29, 0.717) is 0 Å². The second-order valence-electron chi connectivity index (χ2n) is 2.15. The first-order valence-electron chi connectivity index (χ1n) is 3.64. The van der Waals surface area contributed by atoms with Crippen molar-refractivity contribution in [1.82, 2.24) is 0 Å². The first kappa shape index (κ1) is 8.62. The highest BCUT2D eigenvalue weighted by atomic mass is 32.2. The molecule has 1 N–H and O–H groups in total. The zero-order valence-electron chi connectivity index (χ0n) is 6.29. The van der Waals surface area contributed by atoms with Crippen LogP contribution in [0.25, 0.3) is 0 Å². The van der Waals surface area contributed by atoms with Crippen LogP contribution in [0.2, 0.25) is 0 Å². The molecule has 1 aromatic rings. The largest absolute Gasteiger partial charge is 0.396 e. The fourth-order valence-electron chi connectivity index (χ4n) is 0.713. The Hall–Kier alpha value is -0.470. The van der Waals surface area contributed by atoms with Crippen LogP contribution in [-0.4, -0.2) is 17.5 Å². The summed E-state index contributed by atoms with van der Waals surface area (Å²) < 4.78 is 0. The lowest BCUT2D eigenvalue weighted by atomic mass is 10.4. The first-order valence-corrected chi connectivity index (χ1v) is 4.62. The first-order chi connectivity index (χ1) is 5.43. The Balaban J connectivity index is 2.28. The molecule has 0 atom stereocenters. The lowest BCUT2D eigenvalue weighted by Gasteiger charge is -1.97. The normalized spacial score (nSPS) is 9.91. The maximum atomic E-state index is 8.52. The zero-order chi connectivity index (χ0) is 7.94. The van der Waals surface area contributed by atoms with Gasteiger partial charge in [-0.05, 0) is 18.6 Å². The van der Waals surface area contributed by atoms with Gasteiger partial charge in [0.2, 0.25) is 0 Å². The molecule has 0 aliphatic heterocycles. The van der Waals surface area contributed by atoms with E-state index in [0.717, 1.165) is 17.1 Å². The highest BCUT2D eigenvalue weighted by Crippen LogP contribution is 2.16. The Morgan fingerprint density at radius 2 is 2.36 bits per heavy atom. The van der Waals surface area contributed by atoms with Crippen molar-refractivity contribution in [2.24, 2.45) is 0 Å². The van der Waals surface area contributed by atoms with E-state index in [4.69, 9.17) is 5.11 Å². The molecular weight excluding hydrogens is 156 g/mol. The number of aliphatic hydroxyl groups excluding tert-OH is 1. The number of thioether (sulfide) groups is 1. The minimum atomic E-state index is 0.278. The minimum Gasteiger partial charge on any atom is -0.396 e. The molecule has 0 saturated heterocycles. The molecule has 1 aromatic carbocycles. The second-order valence-corrected chi connectivity index (χ2v) is 3.29. The van der Waals surface area contributed by atoms with Crippen molar-refractivity contribution in [2.75, 3.05) is 12.4 Å². The maximum absolute atomic E-state index is 8.52. The maximum Gasteiger partial charge on any atom is 0.0439 e. The van der Waals surface area contributed by atoms with Crippen molar-refractivity contribution in [1.29, 1.82) is 0 Å². The molecule has 0 heterocycles. The number of hydrogen-bond donors (Lipinski definition) is 1. The molecule has 0 aromatic heterocycles. The molecule has 0 saturated carbocycles. The molecule has 11 heavy (non-hydrogen) atoms. The quantitative estimate of drug-likeness (QED) is 0.546. The zero-order valence-corrected chi connectivity index (χ0v) is 7.10. The molecule has 2 heteroatoms. The lowest BCUT2D eigenvalue weighted by molar-refractivity contribution is 0.296. The van der Waals surface area contributed by atoms with Gasteiger partial charge in [-0.1, -0.05) is 18.2 Å². The summed E-state index contributed by atoms with van der Waals surface area (Å²) >= 11 is 1.73. The Morgan fingerprint density at radius 1 is 1.45 bits per heavy atom. The van der Waals surface area contributed by atoms with Crippen LogP contribution in [0, 0.1) is 6.07 Å². The van der Waals surface area contributed by atoms with Crippen LogP contribution in [0.15, 0.2) is 29.2 Å². The van der Waals surface area contributed by atoms with Gasteiger partial charge in [-0.3, -0.25) is 0 Å². The minimum absolute atomic E-state index is 0.278. The van der Waals surface area contributed by atoms with Gasteiger partial charge in [0.1, 0.15) is 0 Å². The van der Waals surface area contributed by atoms with Gasteiger partial charge in [-0.2, -0.15) is 0 Å². The van der Waals surface area contributed by atoms with Crippen molar-refractivity contribution in [3.05, 3.63) is 30.3 Å². The van der Waals surface area contributed by atoms with E-state index in [-0.39, 0.29) is 6.61 Å². The second kappa shape index (κ2) is 5.22. The van der Waals surface area contributed by atoms with Crippen LogP contribution in [-0.2, 0) is 0 Å². The SMILES string of the molecule is OCCCSc1[c]cccc1. The Bertz CT molecular complexity index is 186. The number of benzene rings is 1. The summed E-state index contributed by atoms with van der Waals surface area (Å²) in [6, 6.07) is 11.0. The molecule has 0 aliphatic carbocycles. The smallest absolute Gasteiger partial charge is 0.0439 e. The third-order valence-electron chi connectivity index (χ3n) is 1.24. The average molecular weight is 167 g/mol. The summed E-state index contributed by atoms with van der Waals surface area (Å²) in [5.41, 5.74) is 0. The van der Waals surface area contributed by atoms with Crippen molar-refractivity contribution >= 4 is 11.8 Å². The summed E-state index contributed by atoms with van der Waals surface area (Å²) in [5, 5.41) is 8.52. The molecule has 1 radical (unpaired) electrons. The molecule has 1 rings (SSSR count). The van der Waals surface area contributed by atoms with Crippen LogP contribution < -0.4 is 0 Å². The summed E-state index contributed by atoms with van der Waals surface area (Å²) in [4.78, 5) is 1.15. The van der Waals surface area contributed by atoms with E-state index in [1.165, 1.54) is 0 Å². The van der Waals surface area contributed by atoms with Gasteiger partial charge in [-0.25, -0.2) is 0 Å². The van der Waals surface area contributed by atoms with E-state index in [2.05, 4.69) is 6.07 Å². The summed E-state index contributed by atoms with van der Waals surface area (Å²) in [6.07, 6.45) is 0.855. The molecule has 0 bridgehead atoms. The van der Waals surface area contributed by atoms with Crippen molar-refractivity contribution in [3.63, 3.8) is 0 Å². The lowest BCUT2D eigenvalue weighted by Crippen LogP contribution is -1.84. The van der Waals surface area contributed by atoms with Crippen LogP contribution in [0.1, 0.15) is 6.42 Å².